The number of amides is 1. The Morgan fingerprint density at radius 1 is 1.07 bits per heavy atom. The van der Waals surface area contributed by atoms with E-state index in [-0.39, 0.29) is 5.91 Å². The summed E-state index contributed by atoms with van der Waals surface area (Å²) in [6, 6.07) is 17.0. The molecule has 2 aromatic carbocycles. The number of halogens is 1. The number of nitrogens with zero attached hydrogens (tertiary/aromatic N) is 1. The molecule has 0 saturated carbocycles. The minimum atomic E-state index is -0.188. The Balaban J connectivity index is 1.56. The first kappa shape index (κ1) is 18.5. The maximum Gasteiger partial charge on any atom is 0.259 e. The minimum absolute atomic E-state index is 0.188. The fraction of sp³-hybridized carbons (Fsp3) is 0.0909. The Morgan fingerprint density at radius 3 is 2.57 bits per heavy atom. The minimum Gasteiger partial charge on any atom is -0.466 e. The molecule has 2 heterocycles. The summed E-state index contributed by atoms with van der Waals surface area (Å²) in [7, 11) is 0. The number of rotatable bonds is 4. The molecule has 4 nitrogen and oxygen atoms in total. The number of hydrogen-bond acceptors (Lipinski definition) is 4. The lowest BCUT2D eigenvalue weighted by Gasteiger charge is -2.06. The molecule has 0 aliphatic carbocycles. The van der Waals surface area contributed by atoms with Gasteiger partial charge >= 0.3 is 0 Å². The summed E-state index contributed by atoms with van der Waals surface area (Å²) in [4.78, 5) is 17.2. The third-order valence-corrected chi connectivity index (χ3v) is 5.44. The Kier molecular flexibility index (Phi) is 5.03. The van der Waals surface area contributed by atoms with E-state index in [2.05, 4.69) is 5.32 Å². The lowest BCUT2D eigenvalue weighted by molar-refractivity contribution is 0.102. The Hall–Kier alpha value is -2.89. The molecule has 1 N–H and O–H groups in total. The SMILES string of the molecule is Cc1cc(C(=O)Nc2cccc(-c3csc(-c4ccc(Cl)cc4)n3)c2)c(C)o1. The molecular weight excluding hydrogens is 392 g/mol. The molecule has 140 valence electrons. The van der Waals surface area contributed by atoms with Crippen LogP contribution in [0.4, 0.5) is 5.69 Å². The van der Waals surface area contributed by atoms with Crippen molar-refractivity contribution in [1.29, 1.82) is 0 Å². The van der Waals surface area contributed by atoms with Gasteiger partial charge in [-0.25, -0.2) is 4.98 Å². The van der Waals surface area contributed by atoms with Gasteiger partial charge in [-0.15, -0.1) is 11.3 Å². The van der Waals surface area contributed by atoms with E-state index in [0.29, 0.717) is 27.8 Å². The zero-order valence-electron chi connectivity index (χ0n) is 15.3. The summed E-state index contributed by atoms with van der Waals surface area (Å²) < 4.78 is 5.44. The highest BCUT2D eigenvalue weighted by Gasteiger charge is 2.14. The molecule has 0 aliphatic heterocycles. The molecule has 0 radical (unpaired) electrons. The number of anilines is 1. The van der Waals surface area contributed by atoms with E-state index in [0.717, 1.165) is 21.8 Å². The lowest BCUT2D eigenvalue weighted by atomic mass is 10.1. The molecule has 0 aliphatic rings. The van der Waals surface area contributed by atoms with Gasteiger partial charge in [-0.1, -0.05) is 35.9 Å². The van der Waals surface area contributed by atoms with Gasteiger partial charge in [-0.05, 0) is 44.2 Å². The van der Waals surface area contributed by atoms with Crippen LogP contribution in [0.15, 0.2) is 64.4 Å². The van der Waals surface area contributed by atoms with E-state index < -0.39 is 0 Å². The van der Waals surface area contributed by atoms with E-state index in [9.17, 15) is 4.79 Å². The van der Waals surface area contributed by atoms with Gasteiger partial charge in [0.25, 0.3) is 5.91 Å². The Labute approximate surface area is 171 Å². The maximum atomic E-state index is 12.5. The molecule has 1 amide bonds. The maximum absolute atomic E-state index is 12.5. The summed E-state index contributed by atoms with van der Waals surface area (Å²) >= 11 is 7.53. The van der Waals surface area contributed by atoms with Gasteiger partial charge in [0, 0.05) is 27.2 Å². The third-order valence-electron chi connectivity index (χ3n) is 4.30. The molecule has 0 saturated heterocycles. The van der Waals surface area contributed by atoms with Crippen molar-refractivity contribution in [3.8, 4) is 21.8 Å². The molecule has 28 heavy (non-hydrogen) atoms. The molecule has 0 bridgehead atoms. The highest BCUT2D eigenvalue weighted by molar-refractivity contribution is 7.13. The number of carbonyl (C=O) groups is 1. The molecule has 0 unspecified atom stereocenters. The fourth-order valence-electron chi connectivity index (χ4n) is 2.94. The Bertz CT molecular complexity index is 1150. The number of carbonyl (C=O) groups excluding carboxylic acids is 1. The van der Waals surface area contributed by atoms with Crippen LogP contribution in [0.2, 0.25) is 5.02 Å². The zero-order valence-corrected chi connectivity index (χ0v) is 16.9. The zero-order chi connectivity index (χ0) is 19.7. The van der Waals surface area contributed by atoms with Crippen LogP contribution in [-0.4, -0.2) is 10.9 Å². The first-order valence-electron chi connectivity index (χ1n) is 8.70. The van der Waals surface area contributed by atoms with Crippen LogP contribution in [0, 0.1) is 13.8 Å². The van der Waals surface area contributed by atoms with Crippen LogP contribution in [0.5, 0.6) is 0 Å². The quantitative estimate of drug-likeness (QED) is 0.414. The number of nitrogens with one attached hydrogen (secondary N) is 1. The normalized spacial score (nSPS) is 10.8. The number of benzene rings is 2. The second-order valence-electron chi connectivity index (χ2n) is 6.41. The smallest absolute Gasteiger partial charge is 0.259 e. The first-order chi connectivity index (χ1) is 13.5. The van der Waals surface area contributed by atoms with Crippen LogP contribution in [0.25, 0.3) is 21.8 Å². The molecule has 0 spiro atoms. The van der Waals surface area contributed by atoms with E-state index in [1.54, 1.807) is 24.3 Å². The summed E-state index contributed by atoms with van der Waals surface area (Å²) in [6.45, 7) is 3.61. The predicted molar refractivity (Wildman–Crippen MR) is 114 cm³/mol. The van der Waals surface area contributed by atoms with Crippen molar-refractivity contribution in [2.45, 2.75) is 13.8 Å². The summed E-state index contributed by atoms with van der Waals surface area (Å²) in [5.74, 6) is 1.14. The van der Waals surface area contributed by atoms with Crippen LogP contribution < -0.4 is 5.32 Å². The molecule has 0 atom stereocenters. The molecule has 4 rings (SSSR count). The predicted octanol–water partition coefficient (Wildman–Crippen LogP) is 6.59. The van der Waals surface area contributed by atoms with E-state index in [1.165, 1.54) is 0 Å². The second-order valence-corrected chi connectivity index (χ2v) is 7.70. The lowest BCUT2D eigenvalue weighted by Crippen LogP contribution is -2.12. The molecule has 0 fully saturated rings. The van der Waals surface area contributed by atoms with Crippen molar-refractivity contribution >= 4 is 34.5 Å². The monoisotopic (exact) mass is 408 g/mol. The largest absolute Gasteiger partial charge is 0.466 e. The van der Waals surface area contributed by atoms with Crippen LogP contribution in [0.3, 0.4) is 0 Å². The van der Waals surface area contributed by atoms with Crippen LogP contribution in [0.1, 0.15) is 21.9 Å². The fourth-order valence-corrected chi connectivity index (χ4v) is 3.90. The first-order valence-corrected chi connectivity index (χ1v) is 9.95. The van der Waals surface area contributed by atoms with E-state index in [1.807, 2.05) is 60.8 Å². The summed E-state index contributed by atoms with van der Waals surface area (Å²) in [6.07, 6.45) is 0. The van der Waals surface area contributed by atoms with Gasteiger partial charge in [0.15, 0.2) is 0 Å². The van der Waals surface area contributed by atoms with Crippen molar-refractivity contribution in [3.63, 3.8) is 0 Å². The second kappa shape index (κ2) is 7.62. The van der Waals surface area contributed by atoms with Crippen LogP contribution >= 0.6 is 22.9 Å². The number of thiazole rings is 1. The van der Waals surface area contributed by atoms with E-state index in [4.69, 9.17) is 21.0 Å². The highest BCUT2D eigenvalue weighted by Crippen LogP contribution is 2.30. The van der Waals surface area contributed by atoms with Gasteiger partial charge in [-0.2, -0.15) is 0 Å². The molecule has 2 aromatic heterocycles. The van der Waals surface area contributed by atoms with Crippen molar-refractivity contribution < 1.29 is 9.21 Å². The molecule has 6 heteroatoms. The summed E-state index contributed by atoms with van der Waals surface area (Å²) in [5, 5.41) is 6.56. The summed E-state index contributed by atoms with van der Waals surface area (Å²) in [5.41, 5.74) is 4.08. The standard InChI is InChI=1S/C22H17ClN2O2S/c1-13-10-19(14(2)27-13)21(26)24-18-5-3-4-16(11-18)20-12-28-22(25-20)15-6-8-17(23)9-7-15/h3-12H,1-2H3,(H,24,26). The van der Waals surface area contributed by atoms with Crippen LogP contribution in [-0.2, 0) is 0 Å². The van der Waals surface area contributed by atoms with Gasteiger partial charge in [0.1, 0.15) is 16.5 Å². The van der Waals surface area contributed by atoms with Gasteiger partial charge < -0.3 is 9.73 Å². The number of aromatic nitrogens is 1. The van der Waals surface area contributed by atoms with Crippen molar-refractivity contribution in [2.24, 2.45) is 0 Å². The van der Waals surface area contributed by atoms with Crippen molar-refractivity contribution in [1.82, 2.24) is 4.98 Å². The van der Waals surface area contributed by atoms with Gasteiger partial charge in [0.05, 0.1) is 11.3 Å². The number of hydrogen-bond donors (Lipinski definition) is 1. The average Bonchev–Trinajstić information content (AvgIpc) is 3.29. The van der Waals surface area contributed by atoms with Gasteiger partial charge in [0.2, 0.25) is 0 Å². The molecular formula is C22H17ClN2O2S. The highest BCUT2D eigenvalue weighted by atomic mass is 35.5. The Morgan fingerprint density at radius 2 is 1.86 bits per heavy atom. The van der Waals surface area contributed by atoms with Gasteiger partial charge in [-0.3, -0.25) is 4.79 Å². The van der Waals surface area contributed by atoms with Crippen molar-refractivity contribution in [3.05, 3.63) is 82.1 Å². The number of aryl methyl sites for hydroxylation is 2. The molecule has 4 aromatic rings. The third kappa shape index (κ3) is 3.86. The van der Waals surface area contributed by atoms with E-state index >= 15 is 0 Å². The topological polar surface area (TPSA) is 55.1 Å². The van der Waals surface area contributed by atoms with Crippen molar-refractivity contribution in [2.75, 3.05) is 5.32 Å². The number of furan rings is 1. The average molecular weight is 409 g/mol.